The van der Waals surface area contributed by atoms with Crippen LogP contribution in [0.15, 0.2) is 0 Å². The van der Waals surface area contributed by atoms with Gasteiger partial charge in [0, 0.05) is 9.76 Å². The predicted octanol–water partition coefficient (Wildman–Crippen LogP) is -0.389. The monoisotopic (exact) mass is 148 g/mol. The van der Waals surface area contributed by atoms with Crippen LogP contribution >= 0.6 is 0 Å². The summed E-state index contributed by atoms with van der Waals surface area (Å²) >= 11 is 0. The molecule has 0 saturated heterocycles. The maximum Gasteiger partial charge on any atom is 0.149 e. The summed E-state index contributed by atoms with van der Waals surface area (Å²) in [4.78, 5) is 9.00. The van der Waals surface area contributed by atoms with Crippen LogP contribution in [0.4, 0.5) is 0 Å². The highest BCUT2D eigenvalue weighted by Crippen LogP contribution is 2.03. The fraction of sp³-hybridized carbons (Fsp3) is 1.00. The van der Waals surface area contributed by atoms with Crippen molar-refractivity contribution in [1.29, 1.82) is 0 Å². The minimum absolute atomic E-state index is 0.783. The molecule has 0 fully saturated rings. The lowest BCUT2D eigenvalue weighted by molar-refractivity contribution is 0.560. The third kappa shape index (κ3) is 6.39. The average Bonchev–Trinajstić information content (AvgIpc) is 1.61. The Morgan fingerprint density at radius 3 is 2.25 bits per heavy atom. The van der Waals surface area contributed by atoms with E-state index in [9.17, 15) is 0 Å². The molecule has 0 bridgehead atoms. The Morgan fingerprint density at radius 2 is 2.12 bits per heavy atom. The third-order valence-corrected chi connectivity index (χ3v) is 4.06. The van der Waals surface area contributed by atoms with Crippen molar-refractivity contribution in [2.45, 2.75) is 26.3 Å². The van der Waals surface area contributed by atoms with Crippen LogP contribution in [0.1, 0.15) is 20.3 Å². The quantitative estimate of drug-likeness (QED) is 0.541. The molecule has 0 heterocycles. The maximum atomic E-state index is 9.00. The Labute approximate surface area is 56.1 Å². The van der Waals surface area contributed by atoms with Crippen molar-refractivity contribution in [3.8, 4) is 0 Å². The van der Waals surface area contributed by atoms with Gasteiger partial charge >= 0.3 is 0 Å². The first kappa shape index (κ1) is 8.39. The summed E-state index contributed by atoms with van der Waals surface area (Å²) in [5.74, 6) is 0.783. The molecule has 0 aromatic carbocycles. The van der Waals surface area contributed by atoms with Crippen molar-refractivity contribution in [2.24, 2.45) is 5.92 Å². The van der Waals surface area contributed by atoms with Gasteiger partial charge in [-0.15, -0.1) is 0 Å². The van der Waals surface area contributed by atoms with E-state index in [1.165, 1.54) is 6.42 Å². The van der Waals surface area contributed by atoms with Gasteiger partial charge in [-0.05, 0) is 12.0 Å². The van der Waals surface area contributed by atoms with Gasteiger partial charge in [-0.1, -0.05) is 20.3 Å². The van der Waals surface area contributed by atoms with Gasteiger partial charge < -0.3 is 4.80 Å². The standard InChI is InChI=1S/C5H16OSi2/c1-5(2)3-4-8(6)7/h5-6,8H,3-4H2,1-2,7H3. The number of hydrogen-bond donors (Lipinski definition) is 1. The topological polar surface area (TPSA) is 20.2 Å². The first-order chi connectivity index (χ1) is 3.63. The SMILES string of the molecule is CC(C)CC[SiH](O)[SiH3]. The molecule has 1 unspecified atom stereocenters. The zero-order valence-corrected chi connectivity index (χ0v) is 9.17. The van der Waals surface area contributed by atoms with Crippen LogP contribution in [0.5, 0.6) is 0 Å². The van der Waals surface area contributed by atoms with Gasteiger partial charge in [-0.25, -0.2) is 0 Å². The predicted molar refractivity (Wildman–Crippen MR) is 43.6 cm³/mol. The Kier molecular flexibility index (Phi) is 4.50. The lowest BCUT2D eigenvalue weighted by Gasteiger charge is -2.03. The summed E-state index contributed by atoms with van der Waals surface area (Å²) in [6, 6.07) is 1.14. The van der Waals surface area contributed by atoms with E-state index in [1.807, 2.05) is 0 Å². The Morgan fingerprint density at radius 1 is 1.62 bits per heavy atom. The van der Waals surface area contributed by atoms with Crippen LogP contribution in [-0.2, 0) is 0 Å². The van der Waals surface area contributed by atoms with E-state index < -0.39 is 8.56 Å². The molecule has 50 valence electrons. The fourth-order valence-electron chi connectivity index (χ4n) is 0.575. The molecule has 8 heavy (non-hydrogen) atoms. The highest BCUT2D eigenvalue weighted by atomic mass is 29.2. The normalized spacial score (nSPS) is 15.0. The molecule has 0 aliphatic rings. The molecule has 0 amide bonds. The van der Waals surface area contributed by atoms with Crippen LogP contribution in [0, 0.1) is 5.92 Å². The van der Waals surface area contributed by atoms with E-state index >= 15 is 0 Å². The van der Waals surface area contributed by atoms with Crippen molar-refractivity contribution in [3.63, 3.8) is 0 Å². The molecule has 0 rings (SSSR count). The number of hydrogen-bond acceptors (Lipinski definition) is 1. The van der Waals surface area contributed by atoms with Crippen molar-refractivity contribution in [1.82, 2.24) is 0 Å². The smallest absolute Gasteiger partial charge is 0.149 e. The molecule has 0 saturated carbocycles. The van der Waals surface area contributed by atoms with Crippen LogP contribution in [-0.4, -0.2) is 23.1 Å². The van der Waals surface area contributed by atoms with Gasteiger partial charge in [0.05, 0.1) is 0 Å². The molecular formula is C5H16OSi2. The highest BCUT2D eigenvalue weighted by Gasteiger charge is 1.99. The maximum absolute atomic E-state index is 9.00. The van der Waals surface area contributed by atoms with E-state index in [4.69, 9.17) is 4.80 Å². The Bertz CT molecular complexity index is 46.4. The van der Waals surface area contributed by atoms with Crippen molar-refractivity contribution in [2.75, 3.05) is 0 Å². The molecule has 1 atom stereocenters. The third-order valence-electron chi connectivity index (χ3n) is 1.16. The first-order valence-electron chi connectivity index (χ1n) is 3.31. The van der Waals surface area contributed by atoms with Crippen molar-refractivity contribution in [3.05, 3.63) is 0 Å². The molecule has 1 nitrogen and oxygen atoms in total. The molecule has 0 spiro atoms. The zero-order valence-electron chi connectivity index (χ0n) is 6.02. The second kappa shape index (κ2) is 4.29. The van der Waals surface area contributed by atoms with Crippen LogP contribution in [0.3, 0.4) is 0 Å². The van der Waals surface area contributed by atoms with Gasteiger partial charge in [0.25, 0.3) is 0 Å². The summed E-state index contributed by atoms with van der Waals surface area (Å²) < 4.78 is 0. The minimum Gasteiger partial charge on any atom is -0.439 e. The van der Waals surface area contributed by atoms with Gasteiger partial charge in [0.1, 0.15) is 8.56 Å². The second-order valence-corrected chi connectivity index (χ2v) is 9.09. The summed E-state index contributed by atoms with van der Waals surface area (Å²) in [6.45, 7) is 4.41. The lowest BCUT2D eigenvalue weighted by Crippen LogP contribution is -2.11. The molecule has 0 aromatic heterocycles. The van der Waals surface area contributed by atoms with E-state index in [1.54, 1.807) is 0 Å². The van der Waals surface area contributed by atoms with Gasteiger partial charge in [0.15, 0.2) is 0 Å². The lowest BCUT2D eigenvalue weighted by atomic mass is 10.2. The average molecular weight is 148 g/mol. The van der Waals surface area contributed by atoms with Gasteiger partial charge in [-0.3, -0.25) is 0 Å². The van der Waals surface area contributed by atoms with Crippen LogP contribution < -0.4 is 0 Å². The van der Waals surface area contributed by atoms with E-state index in [0.29, 0.717) is 0 Å². The molecule has 1 N–H and O–H groups in total. The van der Waals surface area contributed by atoms with E-state index in [0.717, 1.165) is 21.7 Å². The molecule has 0 aromatic rings. The number of rotatable bonds is 3. The summed E-state index contributed by atoms with van der Waals surface area (Å²) in [5.41, 5.74) is 0. The van der Waals surface area contributed by atoms with Crippen LogP contribution in [0.25, 0.3) is 0 Å². The second-order valence-electron chi connectivity index (χ2n) is 2.82. The van der Waals surface area contributed by atoms with Gasteiger partial charge in [0.2, 0.25) is 0 Å². The van der Waals surface area contributed by atoms with Gasteiger partial charge in [-0.2, -0.15) is 0 Å². The largest absolute Gasteiger partial charge is 0.439 e. The highest BCUT2D eigenvalue weighted by molar-refractivity contribution is 6.98. The Balaban J connectivity index is 2.93. The van der Waals surface area contributed by atoms with E-state index in [-0.39, 0.29) is 0 Å². The summed E-state index contributed by atoms with van der Waals surface area (Å²) in [7, 11) is -0.0189. The summed E-state index contributed by atoms with van der Waals surface area (Å²) in [5, 5.41) is 0. The molecular weight excluding hydrogens is 132 g/mol. The van der Waals surface area contributed by atoms with Crippen LogP contribution in [0.2, 0.25) is 6.04 Å². The molecule has 0 aliphatic carbocycles. The van der Waals surface area contributed by atoms with Crippen molar-refractivity contribution >= 4 is 18.3 Å². The van der Waals surface area contributed by atoms with E-state index in [2.05, 4.69) is 13.8 Å². The molecule has 0 aliphatic heterocycles. The minimum atomic E-state index is -1.09. The zero-order chi connectivity index (χ0) is 6.57. The molecule has 0 radical (unpaired) electrons. The van der Waals surface area contributed by atoms with Crippen molar-refractivity contribution < 1.29 is 4.80 Å². The molecule has 3 heteroatoms. The summed E-state index contributed by atoms with van der Waals surface area (Å²) in [6.07, 6.45) is 1.23. The fourth-order valence-corrected chi connectivity index (χ4v) is 2.72. The first-order valence-corrected chi connectivity index (χ1v) is 9.26. The Hall–Kier alpha value is 0.394.